The average Bonchev–Trinajstić information content (AvgIpc) is 2.75. The van der Waals surface area contributed by atoms with E-state index in [0.717, 1.165) is 10.5 Å². The Kier molecular flexibility index (Phi) is 5.20. The standard InChI is InChI=1S/C23H20ClN3O3/c1-15(16-7-3-2-4-8-16)25-21(28)23(30)19-9-5-6-10-20(19)26-22(29)27(23)18-13-11-17(24)12-14-18/h2-15,30H,1H3,(H,25,28)(H,26,29)/t15-,23-/m0/s1. The van der Waals surface area contributed by atoms with Crippen LogP contribution in [0.5, 0.6) is 0 Å². The van der Waals surface area contributed by atoms with Crippen molar-refractivity contribution in [1.82, 2.24) is 5.32 Å². The molecule has 3 aromatic rings. The predicted molar refractivity (Wildman–Crippen MR) is 116 cm³/mol. The van der Waals surface area contributed by atoms with Crippen LogP contribution in [-0.2, 0) is 10.5 Å². The lowest BCUT2D eigenvalue weighted by Gasteiger charge is -2.43. The maximum absolute atomic E-state index is 13.5. The molecule has 0 spiro atoms. The molecule has 6 nitrogen and oxygen atoms in total. The molecule has 7 heteroatoms. The Labute approximate surface area is 179 Å². The first-order valence-corrected chi connectivity index (χ1v) is 9.83. The quantitative estimate of drug-likeness (QED) is 0.583. The second kappa shape index (κ2) is 7.82. The van der Waals surface area contributed by atoms with Crippen LogP contribution in [0.15, 0.2) is 78.9 Å². The Bertz CT molecular complexity index is 1090. The van der Waals surface area contributed by atoms with Gasteiger partial charge in [-0.3, -0.25) is 9.69 Å². The number of benzene rings is 3. The highest BCUT2D eigenvalue weighted by molar-refractivity contribution is 6.30. The number of anilines is 2. The number of halogens is 1. The van der Waals surface area contributed by atoms with Crippen molar-refractivity contribution in [2.75, 3.05) is 10.2 Å². The summed E-state index contributed by atoms with van der Waals surface area (Å²) in [5.74, 6) is -0.712. The van der Waals surface area contributed by atoms with E-state index in [1.165, 1.54) is 0 Å². The fraction of sp³-hybridized carbons (Fsp3) is 0.130. The summed E-state index contributed by atoms with van der Waals surface area (Å²) >= 11 is 5.98. The fourth-order valence-electron chi connectivity index (χ4n) is 3.58. The van der Waals surface area contributed by atoms with E-state index >= 15 is 0 Å². The van der Waals surface area contributed by atoms with Crippen LogP contribution in [-0.4, -0.2) is 17.0 Å². The maximum atomic E-state index is 13.5. The highest BCUT2D eigenvalue weighted by atomic mass is 35.5. The number of urea groups is 1. The highest BCUT2D eigenvalue weighted by Crippen LogP contribution is 2.40. The molecule has 0 fully saturated rings. The zero-order valence-corrected chi connectivity index (χ0v) is 16.9. The van der Waals surface area contributed by atoms with Crippen LogP contribution in [0.1, 0.15) is 24.1 Å². The monoisotopic (exact) mass is 421 g/mol. The molecule has 3 N–H and O–H groups in total. The van der Waals surface area contributed by atoms with E-state index in [0.29, 0.717) is 16.4 Å². The molecule has 1 aliphatic rings. The van der Waals surface area contributed by atoms with Gasteiger partial charge in [0.15, 0.2) is 0 Å². The van der Waals surface area contributed by atoms with Gasteiger partial charge < -0.3 is 15.7 Å². The van der Waals surface area contributed by atoms with Gasteiger partial charge in [0, 0.05) is 16.3 Å². The number of carbonyl (C=O) groups is 2. The van der Waals surface area contributed by atoms with Crippen molar-refractivity contribution >= 4 is 34.9 Å². The molecule has 30 heavy (non-hydrogen) atoms. The number of fused-ring (bicyclic) bond motifs is 1. The minimum Gasteiger partial charge on any atom is -0.359 e. The van der Waals surface area contributed by atoms with Crippen molar-refractivity contribution in [3.8, 4) is 0 Å². The summed E-state index contributed by atoms with van der Waals surface area (Å²) in [4.78, 5) is 27.5. The van der Waals surface area contributed by atoms with Gasteiger partial charge in [-0.1, -0.05) is 60.1 Å². The van der Waals surface area contributed by atoms with Gasteiger partial charge in [-0.05, 0) is 42.8 Å². The molecule has 3 aromatic carbocycles. The first kappa shape index (κ1) is 19.9. The Hall–Kier alpha value is -3.35. The van der Waals surface area contributed by atoms with Gasteiger partial charge in [-0.25, -0.2) is 4.79 Å². The number of hydrogen-bond donors (Lipinski definition) is 3. The Morgan fingerprint density at radius 2 is 1.67 bits per heavy atom. The van der Waals surface area contributed by atoms with E-state index < -0.39 is 17.7 Å². The fourth-order valence-corrected chi connectivity index (χ4v) is 3.70. The number of nitrogens with one attached hydrogen (secondary N) is 2. The molecule has 152 valence electrons. The second-order valence-corrected chi connectivity index (χ2v) is 7.50. The Morgan fingerprint density at radius 1 is 1.03 bits per heavy atom. The molecule has 1 aliphatic heterocycles. The zero-order chi connectivity index (χ0) is 21.3. The van der Waals surface area contributed by atoms with Gasteiger partial charge in [0.2, 0.25) is 0 Å². The largest absolute Gasteiger partial charge is 0.359 e. The number of rotatable bonds is 4. The van der Waals surface area contributed by atoms with Crippen molar-refractivity contribution in [2.24, 2.45) is 0 Å². The number of hydrogen-bond acceptors (Lipinski definition) is 3. The summed E-state index contributed by atoms with van der Waals surface area (Å²) in [6, 6.07) is 21.4. The molecule has 0 bridgehead atoms. The van der Waals surface area contributed by atoms with E-state index in [9.17, 15) is 14.7 Å². The molecule has 0 aliphatic carbocycles. The van der Waals surface area contributed by atoms with Crippen molar-refractivity contribution in [3.05, 3.63) is 95.0 Å². The number of nitrogens with zero attached hydrogens (tertiary/aromatic N) is 1. The van der Waals surface area contributed by atoms with Gasteiger partial charge >= 0.3 is 6.03 Å². The van der Waals surface area contributed by atoms with Crippen LogP contribution in [0, 0.1) is 0 Å². The summed E-state index contributed by atoms with van der Waals surface area (Å²) in [6.07, 6.45) is 0. The van der Waals surface area contributed by atoms with E-state index in [-0.39, 0.29) is 11.6 Å². The molecule has 0 saturated carbocycles. The third kappa shape index (κ3) is 3.40. The van der Waals surface area contributed by atoms with E-state index in [1.54, 1.807) is 48.5 Å². The topological polar surface area (TPSA) is 81.7 Å². The smallest absolute Gasteiger partial charge is 0.329 e. The minimum absolute atomic E-state index is 0.275. The maximum Gasteiger partial charge on any atom is 0.329 e. The minimum atomic E-state index is -2.25. The predicted octanol–water partition coefficient (Wildman–Crippen LogP) is 4.41. The van der Waals surface area contributed by atoms with Gasteiger partial charge in [-0.2, -0.15) is 0 Å². The van der Waals surface area contributed by atoms with Crippen LogP contribution in [0.25, 0.3) is 0 Å². The highest BCUT2D eigenvalue weighted by Gasteiger charge is 2.52. The molecule has 3 amide bonds. The third-order valence-electron chi connectivity index (χ3n) is 5.12. The lowest BCUT2D eigenvalue weighted by molar-refractivity contribution is -0.141. The van der Waals surface area contributed by atoms with Gasteiger partial charge in [-0.15, -0.1) is 0 Å². The first-order chi connectivity index (χ1) is 14.4. The number of carbonyl (C=O) groups excluding carboxylic acids is 2. The summed E-state index contributed by atoms with van der Waals surface area (Å²) < 4.78 is 0. The molecule has 1 heterocycles. The molecular weight excluding hydrogens is 402 g/mol. The number of aliphatic hydroxyl groups is 1. The van der Waals surface area contributed by atoms with Crippen LogP contribution < -0.4 is 15.5 Å². The Morgan fingerprint density at radius 3 is 2.37 bits per heavy atom. The SMILES string of the molecule is C[C@H](NC(=O)[C@@]1(O)c2ccccc2NC(=O)N1c1ccc(Cl)cc1)c1ccccc1. The zero-order valence-electron chi connectivity index (χ0n) is 16.2. The van der Waals surface area contributed by atoms with Crippen molar-refractivity contribution in [3.63, 3.8) is 0 Å². The molecule has 0 radical (unpaired) electrons. The van der Waals surface area contributed by atoms with Gasteiger partial charge in [0.25, 0.3) is 11.6 Å². The molecule has 0 aromatic heterocycles. The molecule has 4 rings (SSSR count). The lowest BCUT2D eigenvalue weighted by atomic mass is 9.94. The van der Waals surface area contributed by atoms with Gasteiger partial charge in [0.05, 0.1) is 11.7 Å². The van der Waals surface area contributed by atoms with Crippen LogP contribution in [0.2, 0.25) is 5.02 Å². The first-order valence-electron chi connectivity index (χ1n) is 9.46. The Balaban J connectivity index is 1.79. The van der Waals surface area contributed by atoms with Crippen LogP contribution in [0.4, 0.5) is 16.2 Å². The van der Waals surface area contributed by atoms with Crippen LogP contribution in [0.3, 0.4) is 0 Å². The molecular formula is C23H20ClN3O3. The van der Waals surface area contributed by atoms with E-state index in [4.69, 9.17) is 11.6 Å². The number of para-hydroxylation sites is 1. The normalized spacial score (nSPS) is 18.9. The second-order valence-electron chi connectivity index (χ2n) is 7.07. The van der Waals surface area contributed by atoms with E-state index in [1.807, 2.05) is 37.3 Å². The summed E-state index contributed by atoms with van der Waals surface area (Å²) in [7, 11) is 0. The summed E-state index contributed by atoms with van der Waals surface area (Å²) in [5.41, 5.74) is -0.400. The summed E-state index contributed by atoms with van der Waals surface area (Å²) in [6.45, 7) is 1.82. The van der Waals surface area contributed by atoms with Crippen molar-refractivity contribution in [1.29, 1.82) is 0 Å². The average molecular weight is 422 g/mol. The summed E-state index contributed by atoms with van der Waals surface area (Å²) in [5, 5.41) is 17.8. The third-order valence-corrected chi connectivity index (χ3v) is 5.37. The molecule has 0 saturated heterocycles. The van der Waals surface area contributed by atoms with Crippen molar-refractivity contribution < 1.29 is 14.7 Å². The molecule has 0 unspecified atom stereocenters. The number of amides is 3. The lowest BCUT2D eigenvalue weighted by Crippen LogP contribution is -2.62. The molecule has 2 atom stereocenters. The van der Waals surface area contributed by atoms with E-state index in [2.05, 4.69) is 10.6 Å². The van der Waals surface area contributed by atoms with Gasteiger partial charge in [0.1, 0.15) is 0 Å². The van der Waals surface area contributed by atoms with Crippen molar-refractivity contribution in [2.45, 2.75) is 18.7 Å². The van der Waals surface area contributed by atoms with Crippen LogP contribution >= 0.6 is 11.6 Å².